The fourth-order valence-electron chi connectivity index (χ4n) is 2.78. The number of primary amides is 1. The molecule has 0 unspecified atom stereocenters. The summed E-state index contributed by atoms with van der Waals surface area (Å²) in [6, 6.07) is 13.3. The highest BCUT2D eigenvalue weighted by atomic mass is 19.1. The van der Waals surface area contributed by atoms with Crippen molar-refractivity contribution in [2.75, 3.05) is 0 Å². The molecule has 29 heavy (non-hydrogen) atoms. The SMILES string of the molecule is CC(=O)N[C@@H](Cc1cccc(F)c1)C(=O)N[C@H](C/C=C/c1ccccc1)C(N)=O. The summed E-state index contributed by atoms with van der Waals surface area (Å²) >= 11 is 0. The fraction of sp³-hybridized carbons (Fsp3) is 0.227. The molecule has 7 heteroatoms. The highest BCUT2D eigenvalue weighted by Gasteiger charge is 2.24. The molecular formula is C22H24FN3O3. The van der Waals surface area contributed by atoms with Crippen molar-refractivity contribution in [1.82, 2.24) is 10.6 Å². The standard InChI is InChI=1S/C22H24FN3O3/c1-15(27)25-20(14-17-10-5-11-18(23)13-17)22(29)26-19(21(24)28)12-6-9-16-7-3-2-4-8-16/h2-11,13,19-20H,12,14H2,1H3,(H2,24,28)(H,25,27)(H,26,29)/b9-6+/t19-,20+/m1/s1. The first kappa shape index (κ1) is 21.8. The fourth-order valence-corrected chi connectivity index (χ4v) is 2.78. The van der Waals surface area contributed by atoms with E-state index in [4.69, 9.17) is 5.73 Å². The van der Waals surface area contributed by atoms with Gasteiger partial charge in [-0.1, -0.05) is 54.6 Å². The minimum Gasteiger partial charge on any atom is -0.368 e. The number of nitrogens with two attached hydrogens (primary N) is 1. The molecule has 2 rings (SSSR count). The highest BCUT2D eigenvalue weighted by molar-refractivity contribution is 5.91. The van der Waals surface area contributed by atoms with Crippen molar-refractivity contribution in [3.05, 3.63) is 77.6 Å². The second-order valence-electron chi connectivity index (χ2n) is 6.60. The lowest BCUT2D eigenvalue weighted by Gasteiger charge is -2.21. The molecule has 4 N–H and O–H groups in total. The predicted molar refractivity (Wildman–Crippen MR) is 109 cm³/mol. The number of carbonyl (C=O) groups is 3. The number of halogens is 1. The summed E-state index contributed by atoms with van der Waals surface area (Å²) in [4.78, 5) is 35.9. The predicted octanol–water partition coefficient (Wildman–Crippen LogP) is 1.95. The van der Waals surface area contributed by atoms with Gasteiger partial charge in [0.05, 0.1) is 0 Å². The Balaban J connectivity index is 2.06. The van der Waals surface area contributed by atoms with E-state index in [0.29, 0.717) is 5.56 Å². The van der Waals surface area contributed by atoms with Crippen LogP contribution in [0.4, 0.5) is 4.39 Å². The second-order valence-corrected chi connectivity index (χ2v) is 6.60. The zero-order valence-corrected chi connectivity index (χ0v) is 16.1. The van der Waals surface area contributed by atoms with E-state index in [0.717, 1.165) is 5.56 Å². The first-order valence-electron chi connectivity index (χ1n) is 9.18. The van der Waals surface area contributed by atoms with Gasteiger partial charge in [-0.05, 0) is 29.7 Å². The average molecular weight is 397 g/mol. The first-order chi connectivity index (χ1) is 13.8. The van der Waals surface area contributed by atoms with Gasteiger partial charge in [-0.15, -0.1) is 0 Å². The van der Waals surface area contributed by atoms with Crippen LogP contribution in [0.25, 0.3) is 6.08 Å². The van der Waals surface area contributed by atoms with Crippen LogP contribution in [0.3, 0.4) is 0 Å². The molecule has 0 aliphatic heterocycles. The van der Waals surface area contributed by atoms with E-state index in [1.807, 2.05) is 36.4 Å². The molecule has 2 aromatic rings. The van der Waals surface area contributed by atoms with Gasteiger partial charge in [-0.3, -0.25) is 14.4 Å². The van der Waals surface area contributed by atoms with Gasteiger partial charge in [0.2, 0.25) is 17.7 Å². The van der Waals surface area contributed by atoms with Crippen LogP contribution < -0.4 is 16.4 Å². The summed E-state index contributed by atoms with van der Waals surface area (Å²) in [5, 5.41) is 5.10. The van der Waals surface area contributed by atoms with Gasteiger partial charge in [0.25, 0.3) is 0 Å². The monoisotopic (exact) mass is 397 g/mol. The third-order valence-electron chi connectivity index (χ3n) is 4.16. The van der Waals surface area contributed by atoms with Crippen molar-refractivity contribution in [3.63, 3.8) is 0 Å². The van der Waals surface area contributed by atoms with Crippen molar-refractivity contribution in [2.45, 2.75) is 31.8 Å². The number of rotatable bonds is 9. The summed E-state index contributed by atoms with van der Waals surface area (Å²) in [6.45, 7) is 1.28. The molecule has 0 radical (unpaired) electrons. The molecule has 0 aliphatic carbocycles. The summed E-state index contributed by atoms with van der Waals surface area (Å²) < 4.78 is 13.4. The molecule has 152 valence electrons. The number of hydrogen-bond acceptors (Lipinski definition) is 3. The maximum atomic E-state index is 13.4. The van der Waals surface area contributed by atoms with Crippen molar-refractivity contribution in [2.24, 2.45) is 5.73 Å². The van der Waals surface area contributed by atoms with Gasteiger partial charge in [0.15, 0.2) is 0 Å². The number of amides is 3. The second kappa shape index (κ2) is 10.8. The molecule has 0 heterocycles. The van der Waals surface area contributed by atoms with Gasteiger partial charge in [-0.2, -0.15) is 0 Å². The summed E-state index contributed by atoms with van der Waals surface area (Å²) in [5.41, 5.74) is 6.90. The third kappa shape index (κ3) is 7.57. The smallest absolute Gasteiger partial charge is 0.243 e. The lowest BCUT2D eigenvalue weighted by Crippen LogP contribution is -2.53. The number of carbonyl (C=O) groups excluding carboxylic acids is 3. The molecule has 0 bridgehead atoms. The summed E-state index contributed by atoms with van der Waals surface area (Å²) in [6.07, 6.45) is 3.84. The Hall–Kier alpha value is -3.48. The van der Waals surface area contributed by atoms with Crippen molar-refractivity contribution < 1.29 is 18.8 Å². The molecule has 0 aromatic heterocycles. The van der Waals surface area contributed by atoms with Crippen LogP contribution in [0, 0.1) is 5.82 Å². The van der Waals surface area contributed by atoms with E-state index in [2.05, 4.69) is 10.6 Å². The maximum Gasteiger partial charge on any atom is 0.243 e. The Morgan fingerprint density at radius 2 is 1.76 bits per heavy atom. The molecule has 3 amide bonds. The lowest BCUT2D eigenvalue weighted by molar-refractivity contribution is -0.130. The van der Waals surface area contributed by atoms with Gasteiger partial charge in [-0.25, -0.2) is 4.39 Å². The Bertz CT molecular complexity index is 884. The minimum atomic E-state index is -0.964. The molecule has 0 saturated heterocycles. The number of benzene rings is 2. The molecule has 0 fully saturated rings. The van der Waals surface area contributed by atoms with E-state index in [1.54, 1.807) is 12.1 Å². The van der Waals surface area contributed by atoms with E-state index < -0.39 is 35.6 Å². The Morgan fingerprint density at radius 3 is 2.38 bits per heavy atom. The van der Waals surface area contributed by atoms with Gasteiger partial charge in [0.1, 0.15) is 17.9 Å². The molecular weight excluding hydrogens is 373 g/mol. The molecule has 0 saturated carbocycles. The van der Waals surface area contributed by atoms with E-state index in [1.165, 1.54) is 25.1 Å². The normalized spacial score (nSPS) is 12.9. The molecule has 2 aromatic carbocycles. The van der Waals surface area contributed by atoms with Crippen LogP contribution in [0.1, 0.15) is 24.5 Å². The first-order valence-corrected chi connectivity index (χ1v) is 9.18. The third-order valence-corrected chi connectivity index (χ3v) is 4.16. The zero-order valence-electron chi connectivity index (χ0n) is 16.1. The quantitative estimate of drug-likeness (QED) is 0.603. The number of nitrogens with one attached hydrogen (secondary N) is 2. The van der Waals surface area contributed by atoms with Gasteiger partial charge < -0.3 is 16.4 Å². The van der Waals surface area contributed by atoms with E-state index >= 15 is 0 Å². The molecule has 0 spiro atoms. The van der Waals surface area contributed by atoms with Crippen LogP contribution in [0.5, 0.6) is 0 Å². The zero-order chi connectivity index (χ0) is 21.2. The Kier molecular flexibility index (Phi) is 8.09. The van der Waals surface area contributed by atoms with Crippen molar-refractivity contribution >= 4 is 23.8 Å². The van der Waals surface area contributed by atoms with Crippen LogP contribution in [-0.4, -0.2) is 29.8 Å². The molecule has 2 atom stereocenters. The topological polar surface area (TPSA) is 101 Å². The van der Waals surface area contributed by atoms with Crippen molar-refractivity contribution in [3.8, 4) is 0 Å². The van der Waals surface area contributed by atoms with E-state index in [-0.39, 0.29) is 12.8 Å². The Labute approximate surface area is 169 Å². The van der Waals surface area contributed by atoms with E-state index in [9.17, 15) is 18.8 Å². The summed E-state index contributed by atoms with van der Waals surface area (Å²) in [5.74, 6) is -2.11. The lowest BCUT2D eigenvalue weighted by atomic mass is 10.0. The maximum absolute atomic E-state index is 13.4. The average Bonchev–Trinajstić information content (AvgIpc) is 2.67. The number of hydrogen-bond donors (Lipinski definition) is 3. The molecule has 6 nitrogen and oxygen atoms in total. The Morgan fingerprint density at radius 1 is 1.03 bits per heavy atom. The largest absolute Gasteiger partial charge is 0.368 e. The van der Waals surface area contributed by atoms with Crippen LogP contribution in [0.2, 0.25) is 0 Å². The van der Waals surface area contributed by atoms with Gasteiger partial charge in [0, 0.05) is 13.3 Å². The van der Waals surface area contributed by atoms with Crippen molar-refractivity contribution in [1.29, 1.82) is 0 Å². The molecule has 0 aliphatic rings. The van der Waals surface area contributed by atoms with Crippen LogP contribution >= 0.6 is 0 Å². The van der Waals surface area contributed by atoms with Crippen LogP contribution in [0.15, 0.2) is 60.7 Å². The van der Waals surface area contributed by atoms with Gasteiger partial charge >= 0.3 is 0 Å². The van der Waals surface area contributed by atoms with Crippen LogP contribution in [-0.2, 0) is 20.8 Å². The minimum absolute atomic E-state index is 0.0779. The summed E-state index contributed by atoms with van der Waals surface area (Å²) in [7, 11) is 0. The highest BCUT2D eigenvalue weighted by Crippen LogP contribution is 2.08.